The van der Waals surface area contributed by atoms with E-state index in [9.17, 15) is 24.6 Å². The lowest BCUT2D eigenvalue weighted by Gasteiger charge is -2.25. The molecule has 1 fully saturated rings. The van der Waals surface area contributed by atoms with Crippen LogP contribution in [-0.2, 0) is 14.4 Å². The number of carbonyl (C=O) groups excluding carboxylic acids is 1. The average molecular weight is 448 g/mol. The third kappa shape index (κ3) is 6.67. The van der Waals surface area contributed by atoms with E-state index in [1.54, 1.807) is 24.3 Å². The third-order valence-electron chi connectivity index (χ3n) is 6.08. The van der Waals surface area contributed by atoms with E-state index >= 15 is 0 Å². The molecule has 1 aliphatic heterocycles. The van der Waals surface area contributed by atoms with Crippen LogP contribution in [0.3, 0.4) is 0 Å². The first kappa shape index (κ1) is 24.0. The Bertz CT molecular complexity index is 796. The maximum Gasteiger partial charge on any atom is 0.323 e. The molecular formula is C23H33N3O6. The van der Waals surface area contributed by atoms with E-state index in [4.69, 9.17) is 4.74 Å². The number of carboxylic acids is 2. The molecule has 2 atom stereocenters. The monoisotopic (exact) mass is 447 g/mol. The molecule has 32 heavy (non-hydrogen) atoms. The van der Waals surface area contributed by atoms with E-state index in [2.05, 4.69) is 10.6 Å². The van der Waals surface area contributed by atoms with Crippen molar-refractivity contribution in [2.24, 2.45) is 0 Å². The molecule has 1 aromatic rings. The van der Waals surface area contributed by atoms with Gasteiger partial charge in [-0.15, -0.1) is 0 Å². The lowest BCUT2D eigenvalue weighted by Crippen LogP contribution is -2.54. The number of ether oxygens (including phenoxy) is 1. The molecule has 2 aliphatic rings. The highest BCUT2D eigenvalue weighted by Gasteiger charge is 2.35. The van der Waals surface area contributed by atoms with Crippen LogP contribution in [0, 0.1) is 0 Å². The number of rotatable bonds is 11. The van der Waals surface area contributed by atoms with E-state index in [-0.39, 0.29) is 6.61 Å². The molecule has 1 heterocycles. The van der Waals surface area contributed by atoms with Gasteiger partial charge in [-0.25, -0.2) is 0 Å². The number of benzene rings is 1. The molecule has 9 nitrogen and oxygen atoms in total. The number of para-hydroxylation sites is 2. The van der Waals surface area contributed by atoms with Crippen molar-refractivity contribution in [3.8, 4) is 5.75 Å². The Labute approximate surface area is 188 Å². The lowest BCUT2D eigenvalue weighted by atomic mass is 9.95. The molecule has 1 aromatic carbocycles. The zero-order chi connectivity index (χ0) is 22.9. The molecule has 0 spiro atoms. The Hall–Kier alpha value is -2.65. The van der Waals surface area contributed by atoms with Crippen LogP contribution in [0.2, 0.25) is 0 Å². The second-order valence-electron chi connectivity index (χ2n) is 8.49. The van der Waals surface area contributed by atoms with Crippen molar-refractivity contribution in [1.82, 2.24) is 10.6 Å². The summed E-state index contributed by atoms with van der Waals surface area (Å²) in [5.74, 6) is -2.31. The third-order valence-corrected chi connectivity index (χ3v) is 6.08. The number of carboxylic acid groups (broad SMARTS) is 2. The Balaban J connectivity index is 1.55. The second kappa shape index (κ2) is 11.8. The van der Waals surface area contributed by atoms with Crippen molar-refractivity contribution in [2.75, 3.05) is 24.6 Å². The fourth-order valence-electron chi connectivity index (χ4n) is 4.38. The fourth-order valence-corrected chi connectivity index (χ4v) is 4.38. The van der Waals surface area contributed by atoms with Crippen molar-refractivity contribution in [3.63, 3.8) is 0 Å². The Morgan fingerprint density at radius 1 is 1.12 bits per heavy atom. The van der Waals surface area contributed by atoms with Gasteiger partial charge in [0.05, 0.1) is 5.69 Å². The highest BCUT2D eigenvalue weighted by atomic mass is 16.5. The Morgan fingerprint density at radius 3 is 2.59 bits per heavy atom. The maximum atomic E-state index is 13.1. The molecule has 0 saturated heterocycles. The molecule has 1 saturated carbocycles. The minimum absolute atomic E-state index is 0.0705. The second-order valence-corrected chi connectivity index (χ2v) is 8.49. The van der Waals surface area contributed by atoms with Gasteiger partial charge < -0.3 is 20.3 Å². The Kier molecular flexibility index (Phi) is 8.87. The molecule has 3 rings (SSSR count). The van der Waals surface area contributed by atoms with Crippen LogP contribution < -0.4 is 20.3 Å². The van der Waals surface area contributed by atoms with Crippen LogP contribution in [0.1, 0.15) is 51.4 Å². The van der Waals surface area contributed by atoms with Crippen molar-refractivity contribution in [2.45, 2.75) is 69.5 Å². The van der Waals surface area contributed by atoms with Crippen LogP contribution in [0.4, 0.5) is 5.69 Å². The summed E-state index contributed by atoms with van der Waals surface area (Å²) >= 11 is 0. The quantitative estimate of drug-likeness (QED) is 0.379. The summed E-state index contributed by atoms with van der Waals surface area (Å²) in [5.41, 5.74) is 0.366. The Morgan fingerprint density at radius 2 is 1.88 bits per heavy atom. The molecule has 0 radical (unpaired) electrons. The van der Waals surface area contributed by atoms with Gasteiger partial charge in [-0.05, 0) is 44.4 Å². The SMILES string of the molecule is O=C(O)CN1C(=O)C(N[C@@H](CCCCNC2CCCCC2)C(=O)O)COc2ccccc21. The van der Waals surface area contributed by atoms with Gasteiger partial charge in [0.2, 0.25) is 5.91 Å². The first-order valence-electron chi connectivity index (χ1n) is 11.4. The van der Waals surface area contributed by atoms with Crippen LogP contribution in [-0.4, -0.2) is 65.9 Å². The predicted molar refractivity (Wildman–Crippen MR) is 119 cm³/mol. The van der Waals surface area contributed by atoms with Crippen LogP contribution >= 0.6 is 0 Å². The number of anilines is 1. The standard InChI is InChI=1S/C23H33N3O6/c27-21(28)14-26-19-11-4-5-12-20(19)32-15-18(22(26)29)25-17(23(30)31)10-6-7-13-24-16-8-2-1-3-9-16/h4-5,11-12,16-18,24-25H,1-3,6-10,13-15H2,(H,27,28)(H,30,31)/t17-,18?/m0/s1. The highest BCUT2D eigenvalue weighted by Crippen LogP contribution is 2.31. The van der Waals surface area contributed by atoms with Gasteiger partial charge in [-0.1, -0.05) is 37.8 Å². The number of nitrogens with zero attached hydrogens (tertiary/aromatic N) is 1. The summed E-state index contributed by atoms with van der Waals surface area (Å²) in [7, 11) is 0. The van der Waals surface area contributed by atoms with E-state index in [1.165, 1.54) is 32.1 Å². The average Bonchev–Trinajstić information content (AvgIpc) is 2.90. The molecule has 9 heteroatoms. The summed E-state index contributed by atoms with van der Waals surface area (Å²) in [4.78, 5) is 37.4. The summed E-state index contributed by atoms with van der Waals surface area (Å²) in [6.45, 7) is 0.255. The number of unbranched alkanes of at least 4 members (excludes halogenated alkanes) is 1. The van der Waals surface area contributed by atoms with Gasteiger partial charge in [-0.2, -0.15) is 0 Å². The number of carbonyl (C=O) groups is 3. The van der Waals surface area contributed by atoms with E-state index in [0.29, 0.717) is 30.3 Å². The van der Waals surface area contributed by atoms with Gasteiger partial charge in [0.25, 0.3) is 0 Å². The molecule has 1 aliphatic carbocycles. The van der Waals surface area contributed by atoms with E-state index in [1.807, 2.05) is 0 Å². The van der Waals surface area contributed by atoms with Gasteiger partial charge in [0.1, 0.15) is 31.0 Å². The van der Waals surface area contributed by atoms with Crippen LogP contribution in [0.5, 0.6) is 5.75 Å². The number of hydrogen-bond acceptors (Lipinski definition) is 6. The van der Waals surface area contributed by atoms with Gasteiger partial charge in [-0.3, -0.25) is 24.6 Å². The number of amides is 1. The summed E-state index contributed by atoms with van der Waals surface area (Å²) in [6, 6.07) is 5.40. The number of hydrogen-bond donors (Lipinski definition) is 4. The smallest absolute Gasteiger partial charge is 0.323 e. The molecular weight excluding hydrogens is 414 g/mol. The number of nitrogens with one attached hydrogen (secondary N) is 2. The topological polar surface area (TPSA) is 128 Å². The van der Waals surface area contributed by atoms with E-state index in [0.717, 1.165) is 17.9 Å². The summed E-state index contributed by atoms with van der Waals surface area (Å²) < 4.78 is 5.71. The van der Waals surface area contributed by atoms with Crippen molar-refractivity contribution < 1.29 is 29.3 Å². The van der Waals surface area contributed by atoms with Crippen molar-refractivity contribution >= 4 is 23.5 Å². The van der Waals surface area contributed by atoms with Gasteiger partial charge in [0.15, 0.2) is 0 Å². The normalized spacial score (nSPS) is 20.2. The minimum Gasteiger partial charge on any atom is -0.489 e. The molecule has 1 amide bonds. The highest BCUT2D eigenvalue weighted by molar-refractivity contribution is 6.02. The van der Waals surface area contributed by atoms with E-state index < -0.39 is 36.5 Å². The molecule has 1 unspecified atom stereocenters. The number of aliphatic carboxylic acids is 2. The van der Waals surface area contributed by atoms with Crippen LogP contribution in [0.15, 0.2) is 24.3 Å². The van der Waals surface area contributed by atoms with Crippen molar-refractivity contribution in [1.29, 1.82) is 0 Å². The maximum absolute atomic E-state index is 13.1. The minimum atomic E-state index is -1.16. The zero-order valence-electron chi connectivity index (χ0n) is 18.3. The first-order chi connectivity index (χ1) is 15.5. The summed E-state index contributed by atoms with van der Waals surface area (Å²) in [6.07, 6.45) is 8.18. The first-order valence-corrected chi connectivity index (χ1v) is 11.4. The predicted octanol–water partition coefficient (Wildman–Crippen LogP) is 2.00. The van der Waals surface area contributed by atoms with Gasteiger partial charge in [0, 0.05) is 6.04 Å². The fraction of sp³-hybridized carbons (Fsp3) is 0.609. The largest absolute Gasteiger partial charge is 0.489 e. The molecule has 4 N–H and O–H groups in total. The number of fused-ring (bicyclic) bond motifs is 1. The van der Waals surface area contributed by atoms with Gasteiger partial charge >= 0.3 is 11.9 Å². The molecule has 0 bridgehead atoms. The molecule has 176 valence electrons. The van der Waals surface area contributed by atoms with Crippen LogP contribution in [0.25, 0.3) is 0 Å². The molecule has 0 aromatic heterocycles. The van der Waals surface area contributed by atoms with Crippen molar-refractivity contribution in [3.05, 3.63) is 24.3 Å². The zero-order valence-corrected chi connectivity index (χ0v) is 18.3. The lowest BCUT2D eigenvalue weighted by molar-refractivity contribution is -0.141. The summed E-state index contributed by atoms with van der Waals surface area (Å²) in [5, 5.41) is 25.4.